The third-order valence-corrected chi connectivity index (χ3v) is 4.36. The van der Waals surface area contributed by atoms with Crippen LogP contribution in [0.4, 0.5) is 0 Å². The van der Waals surface area contributed by atoms with Gasteiger partial charge in [-0.2, -0.15) is 5.10 Å². The Morgan fingerprint density at radius 2 is 1.73 bits per heavy atom. The van der Waals surface area contributed by atoms with Crippen molar-refractivity contribution in [1.29, 1.82) is 0 Å². The van der Waals surface area contributed by atoms with Crippen LogP contribution in [0.25, 0.3) is 0 Å². The van der Waals surface area contributed by atoms with Crippen LogP contribution in [0.2, 0.25) is 0 Å². The van der Waals surface area contributed by atoms with Gasteiger partial charge in [-0.1, -0.05) is 12.1 Å². The summed E-state index contributed by atoms with van der Waals surface area (Å²) in [6.45, 7) is 5.27. The molecule has 0 atom stereocenters. The number of aryl methyl sites for hydroxylation is 2. The van der Waals surface area contributed by atoms with E-state index in [1.54, 1.807) is 30.7 Å². The van der Waals surface area contributed by atoms with Gasteiger partial charge in [0.1, 0.15) is 11.5 Å². The van der Waals surface area contributed by atoms with E-state index in [2.05, 4.69) is 40.6 Å². The van der Waals surface area contributed by atoms with Crippen LogP contribution in [-0.4, -0.2) is 30.3 Å². The maximum atomic E-state index is 11.9. The molecule has 154 valence electrons. The number of hydrazone groups is 1. The zero-order valence-electron chi connectivity index (χ0n) is 17.2. The molecule has 3 aromatic rings. The highest BCUT2D eigenvalue weighted by atomic mass is 16.5. The number of hydrogen-bond donors (Lipinski definition) is 1. The van der Waals surface area contributed by atoms with Crippen LogP contribution >= 0.6 is 0 Å². The maximum Gasteiger partial charge on any atom is 0.271 e. The van der Waals surface area contributed by atoms with Crippen molar-refractivity contribution >= 4 is 12.1 Å². The lowest BCUT2D eigenvalue weighted by molar-refractivity contribution is 0.0955. The predicted molar refractivity (Wildman–Crippen MR) is 117 cm³/mol. The molecule has 6 heteroatoms. The Hall–Kier alpha value is -3.67. The average molecular weight is 403 g/mol. The molecule has 3 rings (SSSR count). The van der Waals surface area contributed by atoms with E-state index in [4.69, 9.17) is 9.47 Å². The number of ether oxygens (including phenoxy) is 2. The molecule has 1 amide bonds. The van der Waals surface area contributed by atoms with Gasteiger partial charge in [0.15, 0.2) is 0 Å². The summed E-state index contributed by atoms with van der Waals surface area (Å²) in [5.74, 6) is 1.42. The summed E-state index contributed by atoms with van der Waals surface area (Å²) < 4.78 is 11.6. The normalized spacial score (nSPS) is 10.7. The van der Waals surface area contributed by atoms with Gasteiger partial charge in [-0.05, 0) is 73.0 Å². The van der Waals surface area contributed by atoms with E-state index >= 15 is 0 Å². The summed E-state index contributed by atoms with van der Waals surface area (Å²) in [4.78, 5) is 15.8. The van der Waals surface area contributed by atoms with Crippen molar-refractivity contribution in [3.8, 4) is 11.5 Å². The first-order valence-electron chi connectivity index (χ1n) is 9.78. The first-order chi connectivity index (χ1) is 14.6. The molecule has 0 spiro atoms. The molecular weight excluding hydrogens is 378 g/mol. The number of pyridine rings is 1. The Bertz CT molecular complexity index is 986. The van der Waals surface area contributed by atoms with E-state index in [0.29, 0.717) is 18.8 Å². The number of hydrogen-bond acceptors (Lipinski definition) is 5. The Morgan fingerprint density at radius 3 is 2.50 bits per heavy atom. The third kappa shape index (κ3) is 6.44. The molecule has 0 aliphatic carbocycles. The van der Waals surface area contributed by atoms with Crippen molar-refractivity contribution in [2.24, 2.45) is 5.10 Å². The minimum atomic E-state index is -0.281. The molecule has 6 nitrogen and oxygen atoms in total. The van der Waals surface area contributed by atoms with Gasteiger partial charge in [0, 0.05) is 24.4 Å². The number of nitrogens with zero attached hydrogens (tertiary/aromatic N) is 2. The van der Waals surface area contributed by atoms with E-state index in [1.165, 1.54) is 5.56 Å². The zero-order valence-corrected chi connectivity index (χ0v) is 17.2. The molecular formula is C24H25N3O3. The number of nitrogens with one attached hydrogen (secondary N) is 1. The van der Waals surface area contributed by atoms with Crippen molar-refractivity contribution in [1.82, 2.24) is 10.4 Å². The van der Waals surface area contributed by atoms with E-state index < -0.39 is 0 Å². The number of carbonyl (C=O) groups is 1. The van der Waals surface area contributed by atoms with E-state index in [9.17, 15) is 4.79 Å². The van der Waals surface area contributed by atoms with Gasteiger partial charge in [0.2, 0.25) is 0 Å². The van der Waals surface area contributed by atoms with Gasteiger partial charge < -0.3 is 9.47 Å². The third-order valence-electron chi connectivity index (χ3n) is 4.36. The van der Waals surface area contributed by atoms with Crippen LogP contribution in [-0.2, 0) is 0 Å². The van der Waals surface area contributed by atoms with Crippen molar-refractivity contribution in [3.63, 3.8) is 0 Å². The lowest BCUT2D eigenvalue weighted by Crippen LogP contribution is -2.17. The fourth-order valence-electron chi connectivity index (χ4n) is 2.68. The predicted octanol–water partition coefficient (Wildman–Crippen LogP) is 4.31. The fourth-order valence-corrected chi connectivity index (χ4v) is 2.68. The summed E-state index contributed by atoms with van der Waals surface area (Å²) in [6, 6.07) is 17.0. The van der Waals surface area contributed by atoms with Gasteiger partial charge in [-0.25, -0.2) is 5.43 Å². The lowest BCUT2D eigenvalue weighted by atomic mass is 10.1. The van der Waals surface area contributed by atoms with Crippen molar-refractivity contribution in [2.75, 3.05) is 13.2 Å². The van der Waals surface area contributed by atoms with Crippen molar-refractivity contribution < 1.29 is 14.3 Å². The highest BCUT2D eigenvalue weighted by molar-refractivity contribution is 5.94. The van der Waals surface area contributed by atoms with Gasteiger partial charge in [-0.3, -0.25) is 9.78 Å². The molecule has 0 aliphatic rings. The number of carbonyl (C=O) groups excluding carboxylic acids is 1. The molecule has 2 aromatic carbocycles. The molecule has 0 saturated carbocycles. The number of aromatic nitrogens is 1. The van der Waals surface area contributed by atoms with Gasteiger partial charge in [0.05, 0.1) is 19.4 Å². The minimum absolute atomic E-state index is 0.281. The highest BCUT2D eigenvalue weighted by Gasteiger charge is 2.02. The summed E-state index contributed by atoms with van der Waals surface area (Å²) in [7, 11) is 0. The van der Waals surface area contributed by atoms with E-state index in [-0.39, 0.29) is 5.91 Å². The largest absolute Gasteiger partial charge is 0.493 e. The second-order valence-corrected chi connectivity index (χ2v) is 6.82. The highest BCUT2D eigenvalue weighted by Crippen LogP contribution is 2.19. The Kier molecular flexibility index (Phi) is 7.55. The molecule has 0 aliphatic heterocycles. The van der Waals surface area contributed by atoms with Crippen LogP contribution in [0.15, 0.2) is 72.1 Å². The number of rotatable bonds is 9. The van der Waals surface area contributed by atoms with Gasteiger partial charge in [0.25, 0.3) is 5.91 Å². The average Bonchev–Trinajstić information content (AvgIpc) is 2.77. The maximum absolute atomic E-state index is 11.9. The number of benzene rings is 2. The van der Waals surface area contributed by atoms with Crippen LogP contribution < -0.4 is 14.9 Å². The summed E-state index contributed by atoms with van der Waals surface area (Å²) in [6.07, 6.45) is 5.50. The molecule has 0 radical (unpaired) electrons. The molecule has 0 saturated heterocycles. The van der Waals surface area contributed by atoms with Crippen molar-refractivity contribution in [2.45, 2.75) is 20.3 Å². The van der Waals surface area contributed by atoms with Gasteiger partial charge in [-0.15, -0.1) is 0 Å². The Morgan fingerprint density at radius 1 is 1.00 bits per heavy atom. The first-order valence-corrected chi connectivity index (χ1v) is 9.78. The zero-order chi connectivity index (χ0) is 21.2. The summed E-state index contributed by atoms with van der Waals surface area (Å²) in [5, 5.41) is 3.97. The first kappa shape index (κ1) is 21.0. The topological polar surface area (TPSA) is 72.8 Å². The molecule has 1 N–H and O–H groups in total. The minimum Gasteiger partial charge on any atom is -0.493 e. The summed E-state index contributed by atoms with van der Waals surface area (Å²) >= 11 is 0. The number of amides is 1. The molecule has 30 heavy (non-hydrogen) atoms. The molecule has 0 fully saturated rings. The SMILES string of the molecule is Cc1ccc(C)c(OCCCOc2ccc(C=NNC(=O)c3ccncc3)cc2)c1. The van der Waals surface area contributed by atoms with E-state index in [1.807, 2.05) is 31.2 Å². The fraction of sp³-hybridized carbons (Fsp3) is 0.208. The Labute approximate surface area is 176 Å². The smallest absolute Gasteiger partial charge is 0.271 e. The van der Waals surface area contributed by atoms with Gasteiger partial charge >= 0.3 is 0 Å². The van der Waals surface area contributed by atoms with Crippen LogP contribution in [0.5, 0.6) is 11.5 Å². The molecule has 1 heterocycles. The molecule has 0 bridgehead atoms. The second-order valence-electron chi connectivity index (χ2n) is 6.82. The second kappa shape index (κ2) is 10.8. The lowest BCUT2D eigenvalue weighted by Gasteiger charge is -2.10. The Balaban J connectivity index is 1.38. The van der Waals surface area contributed by atoms with E-state index in [0.717, 1.165) is 29.0 Å². The standard InChI is InChI=1S/C24H25N3O3/c1-18-4-5-19(2)23(16-18)30-15-3-14-29-22-8-6-20(7-9-22)17-26-27-24(28)21-10-12-25-13-11-21/h4-13,16-17H,3,14-15H2,1-2H3,(H,27,28). The van der Waals surface area contributed by atoms with Crippen LogP contribution in [0, 0.1) is 13.8 Å². The summed E-state index contributed by atoms with van der Waals surface area (Å²) in [5.41, 5.74) is 6.18. The van der Waals surface area contributed by atoms with Crippen LogP contribution in [0.1, 0.15) is 33.5 Å². The van der Waals surface area contributed by atoms with Crippen molar-refractivity contribution in [3.05, 3.63) is 89.2 Å². The molecule has 1 aromatic heterocycles. The quantitative estimate of drug-likeness (QED) is 0.328. The monoisotopic (exact) mass is 403 g/mol. The van der Waals surface area contributed by atoms with Crippen LogP contribution in [0.3, 0.4) is 0 Å². The molecule has 0 unspecified atom stereocenters.